The van der Waals surface area contributed by atoms with Crippen LogP contribution < -0.4 is 15.5 Å². The molecule has 0 bridgehead atoms. The van der Waals surface area contributed by atoms with Crippen molar-refractivity contribution in [2.45, 2.75) is 38.5 Å². The maximum absolute atomic E-state index is 12.9. The number of anilines is 1. The van der Waals surface area contributed by atoms with E-state index in [1.165, 1.54) is 12.1 Å². The van der Waals surface area contributed by atoms with Crippen molar-refractivity contribution in [2.24, 2.45) is 5.41 Å². The van der Waals surface area contributed by atoms with E-state index in [1.807, 2.05) is 11.8 Å². The van der Waals surface area contributed by atoms with E-state index in [1.54, 1.807) is 13.0 Å². The first-order valence-electron chi connectivity index (χ1n) is 8.60. The van der Waals surface area contributed by atoms with E-state index in [2.05, 4.69) is 10.6 Å². The summed E-state index contributed by atoms with van der Waals surface area (Å²) in [5.41, 5.74) is -0.489. The van der Waals surface area contributed by atoms with Gasteiger partial charge in [-0.15, -0.1) is 0 Å². The predicted molar refractivity (Wildman–Crippen MR) is 92.1 cm³/mol. The largest absolute Gasteiger partial charge is 0.372 e. The fourth-order valence-electron chi connectivity index (χ4n) is 4.55. The summed E-state index contributed by atoms with van der Waals surface area (Å²) in [6.45, 7) is 4.07. The number of imide groups is 2. The zero-order valence-electron chi connectivity index (χ0n) is 14.7. The van der Waals surface area contributed by atoms with Crippen LogP contribution in [0.3, 0.4) is 0 Å². The molecular formula is C17H18N4O6. The molecule has 142 valence electrons. The van der Waals surface area contributed by atoms with Crippen LogP contribution in [0.15, 0.2) is 18.2 Å². The number of nitro benzene ring substituents is 1. The summed E-state index contributed by atoms with van der Waals surface area (Å²) in [7, 11) is 0. The molecule has 0 aromatic heterocycles. The standard InChI is InChI=1S/C17H18N4O6/c1-8-7-20-12-4-3-11(21(25)26)5-10(12)6-17(13(20)9(2)27-8)14(22)18-16(24)19-15(17)23/h3-5,8-9,13H,6-7H2,1-2H3,(H2,18,19,22,23,24)/t8-,9-,13+/m1/s1. The highest BCUT2D eigenvalue weighted by Crippen LogP contribution is 2.47. The molecule has 27 heavy (non-hydrogen) atoms. The van der Waals surface area contributed by atoms with Gasteiger partial charge in [-0.05, 0) is 25.5 Å². The lowest BCUT2D eigenvalue weighted by molar-refractivity contribution is -0.384. The van der Waals surface area contributed by atoms with Crippen LogP contribution in [-0.2, 0) is 20.7 Å². The molecule has 3 aliphatic heterocycles. The van der Waals surface area contributed by atoms with E-state index in [9.17, 15) is 24.5 Å². The number of morpholine rings is 1. The van der Waals surface area contributed by atoms with Crippen molar-refractivity contribution in [2.75, 3.05) is 11.4 Å². The average Bonchev–Trinajstić information content (AvgIpc) is 2.58. The average molecular weight is 374 g/mol. The molecule has 4 amide bonds. The number of benzene rings is 1. The Morgan fingerprint density at radius 3 is 2.52 bits per heavy atom. The van der Waals surface area contributed by atoms with E-state index in [0.717, 1.165) is 5.69 Å². The number of hydrogen-bond acceptors (Lipinski definition) is 7. The number of urea groups is 1. The van der Waals surface area contributed by atoms with Crippen molar-refractivity contribution in [1.29, 1.82) is 0 Å². The highest BCUT2D eigenvalue weighted by atomic mass is 16.6. The quantitative estimate of drug-likeness (QED) is 0.415. The number of nitrogens with one attached hydrogen (secondary N) is 2. The second kappa shape index (κ2) is 5.74. The molecule has 2 N–H and O–H groups in total. The van der Waals surface area contributed by atoms with Crippen LogP contribution in [-0.4, -0.2) is 47.6 Å². The molecule has 4 rings (SSSR count). The number of ether oxygens (including phenoxy) is 1. The van der Waals surface area contributed by atoms with E-state index >= 15 is 0 Å². The number of rotatable bonds is 1. The number of carbonyl (C=O) groups excluding carboxylic acids is 3. The fourth-order valence-corrected chi connectivity index (χ4v) is 4.55. The summed E-state index contributed by atoms with van der Waals surface area (Å²) in [5, 5.41) is 15.5. The Morgan fingerprint density at radius 1 is 1.22 bits per heavy atom. The van der Waals surface area contributed by atoms with Gasteiger partial charge in [0.25, 0.3) is 5.69 Å². The van der Waals surface area contributed by atoms with Gasteiger partial charge in [0.05, 0.1) is 23.2 Å². The van der Waals surface area contributed by atoms with Gasteiger partial charge in [-0.2, -0.15) is 0 Å². The molecule has 2 fully saturated rings. The normalized spacial score (nSPS) is 28.9. The number of carbonyl (C=O) groups is 3. The SMILES string of the molecule is C[C@@H]1CN2c3ccc([N+](=O)[O-])cc3CC3(C(=O)NC(=O)NC3=O)[C@@H]2[C@@H](C)O1. The Balaban J connectivity index is 1.92. The van der Waals surface area contributed by atoms with Gasteiger partial charge in [-0.25, -0.2) is 4.79 Å². The minimum absolute atomic E-state index is 0.0573. The molecule has 0 saturated carbocycles. The third-order valence-corrected chi connectivity index (χ3v) is 5.50. The van der Waals surface area contributed by atoms with Crippen LogP contribution >= 0.6 is 0 Å². The van der Waals surface area contributed by atoms with Crippen LogP contribution in [0.2, 0.25) is 0 Å². The summed E-state index contributed by atoms with van der Waals surface area (Å²) >= 11 is 0. The zero-order chi connectivity index (χ0) is 19.5. The molecule has 2 saturated heterocycles. The van der Waals surface area contributed by atoms with Crippen molar-refractivity contribution in [3.8, 4) is 0 Å². The van der Waals surface area contributed by atoms with E-state index in [-0.39, 0.29) is 18.2 Å². The Labute approximate surface area is 154 Å². The monoisotopic (exact) mass is 374 g/mol. The van der Waals surface area contributed by atoms with Gasteiger partial charge in [0.15, 0.2) is 5.41 Å². The van der Waals surface area contributed by atoms with Crippen molar-refractivity contribution < 1.29 is 24.0 Å². The number of non-ortho nitro benzene ring substituents is 1. The van der Waals surface area contributed by atoms with Crippen molar-refractivity contribution in [3.63, 3.8) is 0 Å². The number of nitrogens with zero attached hydrogens (tertiary/aromatic N) is 2. The molecule has 1 aromatic carbocycles. The number of fused-ring (bicyclic) bond motifs is 4. The predicted octanol–water partition coefficient (Wildman–Crippen LogP) is 0.485. The molecule has 0 unspecified atom stereocenters. The Hall–Kier alpha value is -3.01. The third kappa shape index (κ3) is 2.40. The molecule has 1 spiro atoms. The summed E-state index contributed by atoms with van der Waals surface area (Å²) in [4.78, 5) is 49.9. The Morgan fingerprint density at radius 2 is 1.89 bits per heavy atom. The zero-order valence-corrected chi connectivity index (χ0v) is 14.7. The number of barbiturate groups is 1. The first kappa shape index (κ1) is 17.4. The fraction of sp³-hybridized carbons (Fsp3) is 0.471. The van der Waals surface area contributed by atoms with Crippen LogP contribution in [0.4, 0.5) is 16.2 Å². The molecular weight excluding hydrogens is 356 g/mol. The molecule has 1 aromatic rings. The van der Waals surface area contributed by atoms with Crippen molar-refractivity contribution in [1.82, 2.24) is 10.6 Å². The molecule has 10 nitrogen and oxygen atoms in total. The van der Waals surface area contributed by atoms with Gasteiger partial charge < -0.3 is 9.64 Å². The third-order valence-electron chi connectivity index (χ3n) is 5.50. The minimum atomic E-state index is -1.62. The topological polar surface area (TPSA) is 131 Å². The van der Waals surface area contributed by atoms with Gasteiger partial charge >= 0.3 is 6.03 Å². The molecule has 10 heteroatoms. The van der Waals surface area contributed by atoms with E-state index in [0.29, 0.717) is 12.1 Å². The summed E-state index contributed by atoms with van der Waals surface area (Å²) < 4.78 is 5.89. The lowest BCUT2D eigenvalue weighted by atomic mass is 9.66. The molecule has 3 heterocycles. The number of amides is 4. The molecule has 3 atom stereocenters. The maximum Gasteiger partial charge on any atom is 0.328 e. The molecule has 0 aliphatic carbocycles. The summed E-state index contributed by atoms with van der Waals surface area (Å²) in [6, 6.07) is 2.92. The lowest BCUT2D eigenvalue weighted by Crippen LogP contribution is -2.75. The van der Waals surface area contributed by atoms with Crippen molar-refractivity contribution >= 4 is 29.2 Å². The second-order valence-corrected chi connectivity index (χ2v) is 7.20. The van der Waals surface area contributed by atoms with Crippen LogP contribution in [0.5, 0.6) is 0 Å². The number of hydrogen-bond donors (Lipinski definition) is 2. The molecule has 3 aliphatic rings. The van der Waals surface area contributed by atoms with Crippen molar-refractivity contribution in [3.05, 3.63) is 33.9 Å². The van der Waals surface area contributed by atoms with E-state index in [4.69, 9.17) is 4.74 Å². The van der Waals surface area contributed by atoms with Gasteiger partial charge in [0.2, 0.25) is 11.8 Å². The Bertz CT molecular complexity index is 864. The highest BCUT2D eigenvalue weighted by molar-refractivity contribution is 6.20. The highest BCUT2D eigenvalue weighted by Gasteiger charge is 2.62. The lowest BCUT2D eigenvalue weighted by Gasteiger charge is -2.55. The smallest absolute Gasteiger partial charge is 0.328 e. The van der Waals surface area contributed by atoms with Crippen LogP contribution in [0, 0.1) is 15.5 Å². The summed E-state index contributed by atoms with van der Waals surface area (Å²) in [6.07, 6.45) is -0.689. The number of nitro groups is 1. The Kier molecular flexibility index (Phi) is 3.70. The van der Waals surface area contributed by atoms with Gasteiger partial charge in [-0.1, -0.05) is 0 Å². The second-order valence-electron chi connectivity index (χ2n) is 7.20. The summed E-state index contributed by atoms with van der Waals surface area (Å²) in [5.74, 6) is -1.43. The maximum atomic E-state index is 12.9. The van der Waals surface area contributed by atoms with Gasteiger partial charge in [-0.3, -0.25) is 30.3 Å². The minimum Gasteiger partial charge on any atom is -0.372 e. The first-order valence-corrected chi connectivity index (χ1v) is 8.60. The molecule has 0 radical (unpaired) electrons. The van der Waals surface area contributed by atoms with E-state index < -0.39 is 40.3 Å². The van der Waals surface area contributed by atoms with Crippen LogP contribution in [0.1, 0.15) is 19.4 Å². The van der Waals surface area contributed by atoms with Crippen LogP contribution in [0.25, 0.3) is 0 Å². The van der Waals surface area contributed by atoms with Gasteiger partial charge in [0, 0.05) is 30.8 Å². The first-order chi connectivity index (χ1) is 12.7. The van der Waals surface area contributed by atoms with Gasteiger partial charge in [0.1, 0.15) is 0 Å².